The van der Waals surface area contributed by atoms with Crippen LogP contribution in [-0.2, 0) is 22.5 Å². The Balaban J connectivity index is 1.32. The van der Waals surface area contributed by atoms with Gasteiger partial charge in [-0.2, -0.15) is 0 Å². The van der Waals surface area contributed by atoms with Crippen LogP contribution in [0.15, 0.2) is 42.5 Å². The first-order valence-corrected chi connectivity index (χ1v) is 14.1. The number of nitrogens with zero attached hydrogens (tertiary/aromatic N) is 3. The van der Waals surface area contributed by atoms with Gasteiger partial charge in [-0.3, -0.25) is 14.6 Å². The summed E-state index contributed by atoms with van der Waals surface area (Å²) in [4.78, 5) is 20.1. The molecule has 0 radical (unpaired) electrons. The lowest BCUT2D eigenvalue weighted by Crippen LogP contribution is -2.54. The second kappa shape index (κ2) is 14.2. The minimum Gasteiger partial charge on any atom is -0.493 e. The van der Waals surface area contributed by atoms with Crippen molar-refractivity contribution in [2.45, 2.75) is 38.3 Å². The highest BCUT2D eigenvalue weighted by atomic mass is 35.5. The number of carbonyl (C=O) groups excluding carboxylic acids is 1. The molecule has 208 valence electrons. The molecule has 8 heteroatoms. The van der Waals surface area contributed by atoms with Crippen molar-refractivity contribution in [1.29, 1.82) is 0 Å². The van der Waals surface area contributed by atoms with Crippen molar-refractivity contribution in [3.8, 4) is 11.5 Å². The van der Waals surface area contributed by atoms with Crippen LogP contribution in [0.25, 0.3) is 0 Å². The monoisotopic (exact) mass is 543 g/mol. The molecule has 0 spiro atoms. The summed E-state index contributed by atoms with van der Waals surface area (Å²) in [5.74, 6) is 2.10. The Bertz CT molecular complexity index is 1030. The predicted octanol–water partition coefficient (Wildman–Crippen LogP) is 4.36. The number of likely N-dealkylation sites (tertiary alicyclic amines) is 1. The Morgan fingerprint density at radius 3 is 2.45 bits per heavy atom. The minimum absolute atomic E-state index is 0.209. The quantitative estimate of drug-likeness (QED) is 0.420. The molecule has 2 heterocycles. The molecule has 0 N–H and O–H groups in total. The van der Waals surface area contributed by atoms with E-state index in [1.165, 1.54) is 5.56 Å². The first-order chi connectivity index (χ1) is 18.5. The summed E-state index contributed by atoms with van der Waals surface area (Å²) in [6.45, 7) is 7.24. The van der Waals surface area contributed by atoms with Gasteiger partial charge in [0, 0.05) is 57.3 Å². The lowest BCUT2D eigenvalue weighted by molar-refractivity contribution is -0.130. The number of likely N-dealkylation sites (N-methyl/N-ethyl adjacent to an activating group) is 1. The third-order valence-corrected chi connectivity index (χ3v) is 8.20. The highest BCUT2D eigenvalue weighted by Crippen LogP contribution is 2.29. The van der Waals surface area contributed by atoms with Crippen molar-refractivity contribution in [2.24, 2.45) is 5.92 Å². The number of halogens is 1. The number of hydrogen-bond acceptors (Lipinski definition) is 6. The van der Waals surface area contributed by atoms with E-state index < -0.39 is 0 Å². The van der Waals surface area contributed by atoms with Crippen LogP contribution in [0.2, 0.25) is 5.02 Å². The average molecular weight is 544 g/mol. The van der Waals surface area contributed by atoms with Crippen molar-refractivity contribution in [3.05, 3.63) is 58.6 Å². The Morgan fingerprint density at radius 1 is 1.03 bits per heavy atom. The first-order valence-electron chi connectivity index (χ1n) is 13.7. The van der Waals surface area contributed by atoms with Gasteiger partial charge in [-0.25, -0.2) is 0 Å². The Hall–Kier alpha value is -2.32. The fraction of sp³-hybridized carbons (Fsp3) is 0.567. The second-order valence-corrected chi connectivity index (χ2v) is 10.9. The summed E-state index contributed by atoms with van der Waals surface area (Å²) in [6, 6.07) is 14.6. The SMILES string of the molecule is COc1ccc(CCN(C)C(=O)CC[C@H]2CN(Cc3ccc(Cl)cc3)CC[C@H]2N2CCOCC2)cc1OC. The summed E-state index contributed by atoms with van der Waals surface area (Å²) >= 11 is 6.09. The minimum atomic E-state index is 0.209. The standard InChI is InChI=1S/C30H42ClN3O4/c1-32(14-12-23-6-10-28(36-2)29(20-23)37-3)30(35)11-7-25-22-33(21-24-4-8-26(31)9-5-24)15-13-27(25)34-16-18-38-19-17-34/h4-6,8-10,20,25,27H,7,11-19,21-22H2,1-3H3/t25-,27+/m0/s1. The molecule has 0 aromatic heterocycles. The smallest absolute Gasteiger partial charge is 0.222 e. The summed E-state index contributed by atoms with van der Waals surface area (Å²) < 4.78 is 16.4. The Morgan fingerprint density at radius 2 is 1.74 bits per heavy atom. The molecular weight excluding hydrogens is 502 g/mol. The highest BCUT2D eigenvalue weighted by Gasteiger charge is 2.34. The summed E-state index contributed by atoms with van der Waals surface area (Å²) in [7, 11) is 5.19. The molecule has 2 aliphatic heterocycles. The van der Waals surface area contributed by atoms with E-state index in [2.05, 4.69) is 21.9 Å². The molecule has 2 fully saturated rings. The fourth-order valence-corrected chi connectivity index (χ4v) is 5.84. The Labute approximate surface area is 232 Å². The van der Waals surface area contributed by atoms with Crippen LogP contribution in [0.3, 0.4) is 0 Å². The van der Waals surface area contributed by atoms with E-state index in [0.29, 0.717) is 36.4 Å². The van der Waals surface area contributed by atoms with Gasteiger partial charge in [0.05, 0.1) is 27.4 Å². The van der Waals surface area contributed by atoms with Crippen LogP contribution in [0, 0.1) is 5.92 Å². The number of morpholine rings is 1. The molecule has 0 bridgehead atoms. The summed E-state index contributed by atoms with van der Waals surface area (Å²) in [6.07, 6.45) is 3.38. The van der Waals surface area contributed by atoms with Crippen LogP contribution in [-0.4, -0.2) is 93.9 Å². The molecule has 2 aliphatic rings. The van der Waals surface area contributed by atoms with Gasteiger partial charge in [0.25, 0.3) is 0 Å². The van der Waals surface area contributed by atoms with Crippen molar-refractivity contribution in [2.75, 3.05) is 67.2 Å². The van der Waals surface area contributed by atoms with Crippen LogP contribution in [0.5, 0.6) is 11.5 Å². The number of ether oxygens (including phenoxy) is 3. The fourth-order valence-electron chi connectivity index (χ4n) is 5.72. The molecule has 1 amide bonds. The molecular formula is C30H42ClN3O4. The van der Waals surface area contributed by atoms with Crippen molar-refractivity contribution in [1.82, 2.24) is 14.7 Å². The molecule has 0 saturated carbocycles. The zero-order valence-electron chi connectivity index (χ0n) is 23.0. The van der Waals surface area contributed by atoms with Gasteiger partial charge in [0.1, 0.15) is 0 Å². The summed E-state index contributed by atoms with van der Waals surface area (Å²) in [5, 5.41) is 0.770. The third kappa shape index (κ3) is 7.85. The zero-order chi connectivity index (χ0) is 26.9. The molecule has 0 aliphatic carbocycles. The van der Waals surface area contributed by atoms with Gasteiger partial charge < -0.3 is 19.1 Å². The van der Waals surface area contributed by atoms with Crippen LogP contribution in [0.1, 0.15) is 30.4 Å². The van der Waals surface area contributed by atoms with E-state index in [1.54, 1.807) is 14.2 Å². The molecule has 7 nitrogen and oxygen atoms in total. The molecule has 2 saturated heterocycles. The van der Waals surface area contributed by atoms with E-state index in [0.717, 1.165) is 75.8 Å². The van der Waals surface area contributed by atoms with Gasteiger partial charge in [-0.05, 0) is 67.1 Å². The average Bonchev–Trinajstić information content (AvgIpc) is 2.96. The second-order valence-electron chi connectivity index (χ2n) is 10.4. The Kier molecular flexibility index (Phi) is 10.7. The van der Waals surface area contributed by atoms with Gasteiger partial charge >= 0.3 is 0 Å². The van der Waals surface area contributed by atoms with E-state index in [-0.39, 0.29) is 5.91 Å². The predicted molar refractivity (Wildman–Crippen MR) is 151 cm³/mol. The van der Waals surface area contributed by atoms with Crippen LogP contribution in [0.4, 0.5) is 0 Å². The topological polar surface area (TPSA) is 54.5 Å². The highest BCUT2D eigenvalue weighted by molar-refractivity contribution is 6.30. The number of hydrogen-bond donors (Lipinski definition) is 0. The van der Waals surface area contributed by atoms with Gasteiger partial charge in [-0.15, -0.1) is 0 Å². The summed E-state index contributed by atoms with van der Waals surface area (Å²) in [5.41, 5.74) is 2.41. The largest absolute Gasteiger partial charge is 0.493 e. The number of rotatable bonds is 11. The molecule has 2 atom stereocenters. The van der Waals surface area contributed by atoms with Crippen molar-refractivity contribution in [3.63, 3.8) is 0 Å². The van der Waals surface area contributed by atoms with E-state index >= 15 is 0 Å². The van der Waals surface area contributed by atoms with Gasteiger partial charge in [0.15, 0.2) is 11.5 Å². The molecule has 4 rings (SSSR count). The maximum atomic E-state index is 13.1. The van der Waals surface area contributed by atoms with Crippen LogP contribution < -0.4 is 9.47 Å². The van der Waals surface area contributed by atoms with E-state index in [9.17, 15) is 4.79 Å². The van der Waals surface area contributed by atoms with E-state index in [1.807, 2.05) is 42.3 Å². The number of carbonyl (C=O) groups is 1. The van der Waals surface area contributed by atoms with Gasteiger partial charge in [-0.1, -0.05) is 29.8 Å². The van der Waals surface area contributed by atoms with Crippen molar-refractivity contribution >= 4 is 17.5 Å². The number of benzene rings is 2. The maximum Gasteiger partial charge on any atom is 0.222 e. The van der Waals surface area contributed by atoms with Gasteiger partial charge in [0.2, 0.25) is 5.91 Å². The first kappa shape index (κ1) is 28.7. The van der Waals surface area contributed by atoms with Crippen LogP contribution >= 0.6 is 11.6 Å². The number of methoxy groups -OCH3 is 2. The maximum absolute atomic E-state index is 13.1. The third-order valence-electron chi connectivity index (χ3n) is 7.95. The van der Waals surface area contributed by atoms with Crippen molar-refractivity contribution < 1.29 is 19.0 Å². The molecule has 38 heavy (non-hydrogen) atoms. The zero-order valence-corrected chi connectivity index (χ0v) is 23.8. The number of piperidine rings is 1. The normalized spacial score (nSPS) is 20.7. The molecule has 0 unspecified atom stereocenters. The molecule has 2 aromatic carbocycles. The number of amides is 1. The lowest BCUT2D eigenvalue weighted by atomic mass is 9.86. The van der Waals surface area contributed by atoms with E-state index in [4.69, 9.17) is 25.8 Å². The molecule has 2 aromatic rings. The lowest BCUT2D eigenvalue weighted by Gasteiger charge is -2.45.